The van der Waals surface area contributed by atoms with E-state index >= 15 is 0 Å². The SMILES string of the molecule is O=C(Nc1cccc(F)c1)N1CCN(c2ccc(Br)cc2)CC1. The maximum Gasteiger partial charge on any atom is 0.321 e. The van der Waals surface area contributed by atoms with Crippen molar-refractivity contribution in [1.82, 2.24) is 4.90 Å². The number of nitrogens with one attached hydrogen (secondary N) is 1. The molecule has 6 heteroatoms. The molecular formula is C17H17BrFN3O. The number of benzene rings is 2. The molecule has 0 atom stereocenters. The van der Waals surface area contributed by atoms with Crippen LogP contribution in [0.3, 0.4) is 0 Å². The van der Waals surface area contributed by atoms with E-state index in [9.17, 15) is 9.18 Å². The average molecular weight is 378 g/mol. The molecule has 0 saturated carbocycles. The second-order valence-corrected chi connectivity index (χ2v) is 6.31. The molecule has 2 amide bonds. The van der Waals surface area contributed by atoms with Crippen LogP contribution in [-0.2, 0) is 0 Å². The van der Waals surface area contributed by atoms with Crippen molar-refractivity contribution in [3.05, 3.63) is 58.8 Å². The fourth-order valence-corrected chi connectivity index (χ4v) is 2.85. The Morgan fingerprint density at radius 3 is 2.39 bits per heavy atom. The number of hydrogen-bond donors (Lipinski definition) is 1. The molecule has 1 N–H and O–H groups in total. The van der Waals surface area contributed by atoms with E-state index in [1.165, 1.54) is 12.1 Å². The van der Waals surface area contributed by atoms with Crippen LogP contribution in [0.15, 0.2) is 53.0 Å². The first-order valence-corrected chi connectivity index (χ1v) is 8.23. The lowest BCUT2D eigenvalue weighted by Gasteiger charge is -2.36. The Morgan fingerprint density at radius 2 is 1.74 bits per heavy atom. The van der Waals surface area contributed by atoms with Gasteiger partial charge in [-0.05, 0) is 42.5 Å². The quantitative estimate of drug-likeness (QED) is 0.859. The minimum absolute atomic E-state index is 0.189. The Bertz CT molecular complexity index is 684. The topological polar surface area (TPSA) is 35.6 Å². The first-order valence-electron chi connectivity index (χ1n) is 7.44. The van der Waals surface area contributed by atoms with Crippen molar-refractivity contribution >= 4 is 33.3 Å². The average Bonchev–Trinajstić information content (AvgIpc) is 2.56. The Balaban J connectivity index is 1.56. The number of carbonyl (C=O) groups is 1. The maximum absolute atomic E-state index is 13.2. The van der Waals surface area contributed by atoms with Crippen LogP contribution in [-0.4, -0.2) is 37.1 Å². The first-order chi connectivity index (χ1) is 11.1. The predicted molar refractivity (Wildman–Crippen MR) is 93.3 cm³/mol. The Hall–Kier alpha value is -2.08. The van der Waals surface area contributed by atoms with Crippen LogP contribution < -0.4 is 10.2 Å². The highest BCUT2D eigenvalue weighted by molar-refractivity contribution is 9.10. The maximum atomic E-state index is 13.2. The Morgan fingerprint density at radius 1 is 1.04 bits per heavy atom. The van der Waals surface area contributed by atoms with Gasteiger partial charge in [-0.25, -0.2) is 9.18 Å². The number of carbonyl (C=O) groups excluding carboxylic acids is 1. The summed E-state index contributed by atoms with van der Waals surface area (Å²) in [6.45, 7) is 2.82. The highest BCUT2D eigenvalue weighted by Crippen LogP contribution is 2.20. The largest absolute Gasteiger partial charge is 0.368 e. The summed E-state index contributed by atoms with van der Waals surface area (Å²) < 4.78 is 14.2. The van der Waals surface area contributed by atoms with E-state index in [4.69, 9.17) is 0 Å². The minimum atomic E-state index is -0.358. The molecule has 1 fully saturated rings. The zero-order chi connectivity index (χ0) is 16.2. The van der Waals surface area contributed by atoms with Crippen LogP contribution >= 0.6 is 15.9 Å². The van der Waals surface area contributed by atoms with Crippen LogP contribution in [0, 0.1) is 5.82 Å². The molecule has 1 aliphatic heterocycles. The third-order valence-electron chi connectivity index (χ3n) is 3.83. The standard InChI is InChI=1S/C17H17BrFN3O/c18-13-4-6-16(7-5-13)21-8-10-22(11-9-21)17(23)20-15-3-1-2-14(19)12-15/h1-7,12H,8-11H2,(H,20,23). The van der Waals surface area contributed by atoms with Gasteiger partial charge in [0.25, 0.3) is 0 Å². The number of rotatable bonds is 2. The van der Waals surface area contributed by atoms with Crippen molar-refractivity contribution in [2.45, 2.75) is 0 Å². The summed E-state index contributed by atoms with van der Waals surface area (Å²) in [6, 6.07) is 13.9. The van der Waals surface area contributed by atoms with Crippen LogP contribution in [0.25, 0.3) is 0 Å². The normalized spacial score (nSPS) is 14.7. The molecule has 2 aromatic rings. The predicted octanol–water partition coefficient (Wildman–Crippen LogP) is 3.94. The van der Waals surface area contributed by atoms with Gasteiger partial charge in [0.1, 0.15) is 5.82 Å². The van der Waals surface area contributed by atoms with Crippen molar-refractivity contribution in [2.24, 2.45) is 0 Å². The summed E-state index contributed by atoms with van der Waals surface area (Å²) in [7, 11) is 0. The van der Waals surface area contributed by atoms with Crippen molar-refractivity contribution in [3.63, 3.8) is 0 Å². The number of hydrogen-bond acceptors (Lipinski definition) is 2. The molecule has 4 nitrogen and oxygen atoms in total. The van der Waals surface area contributed by atoms with Gasteiger partial charge in [0, 0.05) is 42.0 Å². The fraction of sp³-hybridized carbons (Fsp3) is 0.235. The van der Waals surface area contributed by atoms with E-state index in [1.807, 2.05) is 12.1 Å². The molecular weight excluding hydrogens is 361 g/mol. The van der Waals surface area contributed by atoms with Gasteiger partial charge < -0.3 is 15.1 Å². The molecule has 0 unspecified atom stereocenters. The molecule has 3 rings (SSSR count). The molecule has 1 saturated heterocycles. The summed E-state index contributed by atoms with van der Waals surface area (Å²) in [6.07, 6.45) is 0. The number of nitrogens with zero attached hydrogens (tertiary/aromatic N) is 2. The molecule has 0 aromatic heterocycles. The second-order valence-electron chi connectivity index (χ2n) is 5.39. The summed E-state index contributed by atoms with van der Waals surface area (Å²) in [5, 5.41) is 2.74. The van der Waals surface area contributed by atoms with E-state index in [-0.39, 0.29) is 11.8 Å². The summed E-state index contributed by atoms with van der Waals surface area (Å²) in [5.41, 5.74) is 1.63. The number of halogens is 2. The van der Waals surface area contributed by atoms with Crippen molar-refractivity contribution in [2.75, 3.05) is 36.4 Å². The van der Waals surface area contributed by atoms with Gasteiger partial charge in [-0.3, -0.25) is 0 Å². The van der Waals surface area contributed by atoms with Gasteiger partial charge in [-0.15, -0.1) is 0 Å². The second kappa shape index (κ2) is 7.00. The first kappa shape index (κ1) is 15.8. The van der Waals surface area contributed by atoms with Gasteiger partial charge in [0.05, 0.1) is 0 Å². The van der Waals surface area contributed by atoms with Crippen molar-refractivity contribution in [1.29, 1.82) is 0 Å². The molecule has 120 valence electrons. The van der Waals surface area contributed by atoms with E-state index < -0.39 is 0 Å². The molecule has 0 spiro atoms. The smallest absolute Gasteiger partial charge is 0.321 e. The van der Waals surface area contributed by atoms with Crippen molar-refractivity contribution in [3.8, 4) is 0 Å². The molecule has 0 aliphatic carbocycles. The van der Waals surface area contributed by atoms with Gasteiger partial charge in [0.2, 0.25) is 0 Å². The van der Waals surface area contributed by atoms with Gasteiger partial charge >= 0.3 is 6.03 Å². The highest BCUT2D eigenvalue weighted by Gasteiger charge is 2.21. The van der Waals surface area contributed by atoms with Crippen LogP contribution in [0.1, 0.15) is 0 Å². The number of piperazine rings is 1. The molecule has 23 heavy (non-hydrogen) atoms. The zero-order valence-electron chi connectivity index (χ0n) is 12.5. The highest BCUT2D eigenvalue weighted by atomic mass is 79.9. The van der Waals surface area contributed by atoms with Gasteiger partial charge in [0.15, 0.2) is 0 Å². The third kappa shape index (κ3) is 4.01. The molecule has 1 aliphatic rings. The Kier molecular flexibility index (Phi) is 4.81. The van der Waals surface area contributed by atoms with Gasteiger partial charge in [-0.1, -0.05) is 22.0 Å². The molecule has 0 radical (unpaired) electrons. The van der Waals surface area contributed by atoms with Crippen LogP contribution in [0.4, 0.5) is 20.6 Å². The van der Waals surface area contributed by atoms with Crippen LogP contribution in [0.2, 0.25) is 0 Å². The summed E-state index contributed by atoms with van der Waals surface area (Å²) >= 11 is 3.43. The van der Waals surface area contributed by atoms with E-state index in [0.717, 1.165) is 23.2 Å². The molecule has 1 heterocycles. The van der Waals surface area contributed by atoms with Crippen molar-refractivity contribution < 1.29 is 9.18 Å². The lowest BCUT2D eigenvalue weighted by atomic mass is 10.2. The summed E-state index contributed by atoms with van der Waals surface area (Å²) in [4.78, 5) is 16.2. The zero-order valence-corrected chi connectivity index (χ0v) is 14.1. The lowest BCUT2D eigenvalue weighted by Crippen LogP contribution is -2.50. The number of anilines is 2. The number of amides is 2. The minimum Gasteiger partial charge on any atom is -0.368 e. The third-order valence-corrected chi connectivity index (χ3v) is 4.36. The van der Waals surface area contributed by atoms with E-state index in [0.29, 0.717) is 18.8 Å². The molecule has 0 bridgehead atoms. The Labute approximate surface area is 143 Å². The van der Waals surface area contributed by atoms with Crippen LogP contribution in [0.5, 0.6) is 0 Å². The number of urea groups is 1. The van der Waals surface area contributed by atoms with E-state index in [1.54, 1.807) is 17.0 Å². The fourth-order valence-electron chi connectivity index (χ4n) is 2.59. The summed E-state index contributed by atoms with van der Waals surface area (Å²) in [5.74, 6) is -0.358. The monoisotopic (exact) mass is 377 g/mol. The molecule has 2 aromatic carbocycles. The van der Waals surface area contributed by atoms with E-state index in [2.05, 4.69) is 38.3 Å². The van der Waals surface area contributed by atoms with Gasteiger partial charge in [-0.2, -0.15) is 0 Å². The lowest BCUT2D eigenvalue weighted by molar-refractivity contribution is 0.208.